The van der Waals surface area contributed by atoms with Gasteiger partial charge in [-0.25, -0.2) is 4.99 Å². The van der Waals surface area contributed by atoms with Gasteiger partial charge in [0.05, 0.1) is 6.54 Å². The first-order valence-electron chi connectivity index (χ1n) is 8.11. The van der Waals surface area contributed by atoms with Crippen molar-refractivity contribution in [3.63, 3.8) is 0 Å². The lowest BCUT2D eigenvalue weighted by Gasteiger charge is -2.32. The Balaban J connectivity index is 1.54. The molecule has 0 radical (unpaired) electrons. The molecule has 0 spiro atoms. The van der Waals surface area contributed by atoms with Gasteiger partial charge in [0, 0.05) is 16.2 Å². The van der Waals surface area contributed by atoms with E-state index in [1.54, 1.807) is 0 Å². The molecule has 1 unspecified atom stereocenters. The zero-order valence-corrected chi connectivity index (χ0v) is 15.9. The molecule has 3 rings (SSSR count). The number of nitrogens with zero attached hydrogens (tertiary/aromatic N) is 1. The van der Waals surface area contributed by atoms with Crippen molar-refractivity contribution in [1.82, 2.24) is 10.6 Å². The Bertz CT molecular complexity index is 763. The van der Waals surface area contributed by atoms with Crippen LogP contribution in [0.25, 0.3) is 0 Å². The van der Waals surface area contributed by atoms with Gasteiger partial charge in [0.2, 0.25) is 0 Å². The van der Waals surface area contributed by atoms with Gasteiger partial charge in [0.1, 0.15) is 18.0 Å². The zero-order valence-electron chi connectivity index (χ0n) is 13.8. The summed E-state index contributed by atoms with van der Waals surface area (Å²) >= 11 is 2.31. The van der Waals surface area contributed by atoms with E-state index < -0.39 is 5.66 Å². The summed E-state index contributed by atoms with van der Waals surface area (Å²) in [5, 5.41) is 6.36. The van der Waals surface area contributed by atoms with Gasteiger partial charge in [-0.1, -0.05) is 30.3 Å². The van der Waals surface area contributed by atoms with Crippen LogP contribution in [0.3, 0.4) is 0 Å². The van der Waals surface area contributed by atoms with Gasteiger partial charge in [-0.3, -0.25) is 0 Å². The summed E-state index contributed by atoms with van der Waals surface area (Å²) in [7, 11) is 0. The Hall–Kier alpha value is -2.06. The monoisotopic (exact) mass is 448 g/mol. The summed E-state index contributed by atoms with van der Waals surface area (Å²) in [4.78, 5) is 4.49. The van der Waals surface area contributed by atoms with Gasteiger partial charge in [0.25, 0.3) is 0 Å². The lowest BCUT2D eigenvalue weighted by Crippen LogP contribution is -2.61. The van der Waals surface area contributed by atoms with Crippen LogP contribution in [0.15, 0.2) is 71.9 Å². The van der Waals surface area contributed by atoms with E-state index in [-0.39, 0.29) is 0 Å². The minimum atomic E-state index is -0.658. The number of guanidine groups is 1. The molecule has 2 aromatic carbocycles. The topological polar surface area (TPSA) is 71.7 Å². The number of halogens is 1. The number of nitrogens with one attached hydrogen (secondary N) is 2. The summed E-state index contributed by atoms with van der Waals surface area (Å²) in [6.45, 7) is 1.05. The highest BCUT2D eigenvalue weighted by atomic mass is 127. The molecule has 5 nitrogen and oxygen atoms in total. The molecule has 25 heavy (non-hydrogen) atoms. The number of benzene rings is 2. The number of aliphatic imine (C=N–C) groups is 1. The van der Waals surface area contributed by atoms with Gasteiger partial charge in [-0.05, 0) is 58.5 Å². The van der Waals surface area contributed by atoms with Crippen molar-refractivity contribution in [2.24, 2.45) is 10.7 Å². The van der Waals surface area contributed by atoms with Gasteiger partial charge in [-0.15, -0.1) is 0 Å². The summed E-state index contributed by atoms with van der Waals surface area (Å²) < 4.78 is 6.84. The Morgan fingerprint density at radius 3 is 2.76 bits per heavy atom. The highest BCUT2D eigenvalue weighted by Crippen LogP contribution is 2.15. The molecule has 1 aliphatic rings. The van der Waals surface area contributed by atoms with E-state index >= 15 is 0 Å². The Morgan fingerprint density at radius 1 is 1.12 bits per heavy atom. The molecule has 0 amide bonds. The predicted octanol–water partition coefficient (Wildman–Crippen LogP) is 2.63. The maximum Gasteiger partial charge on any atom is 0.197 e. The molecular formula is C19H21IN4O. The molecule has 4 N–H and O–H groups in total. The maximum absolute atomic E-state index is 6.47. The van der Waals surface area contributed by atoms with Crippen LogP contribution in [0, 0.1) is 3.57 Å². The summed E-state index contributed by atoms with van der Waals surface area (Å²) in [5.41, 5.74) is 7.00. The fraction of sp³-hybridized carbons (Fsp3) is 0.211. The molecule has 1 atom stereocenters. The smallest absolute Gasteiger partial charge is 0.197 e. The Labute approximate surface area is 161 Å². The molecule has 0 bridgehead atoms. The van der Waals surface area contributed by atoms with E-state index in [9.17, 15) is 0 Å². The quantitative estimate of drug-likeness (QED) is 0.470. The van der Waals surface area contributed by atoms with Crippen molar-refractivity contribution >= 4 is 28.6 Å². The average Bonchev–Trinajstić information content (AvgIpc) is 2.59. The Morgan fingerprint density at radius 2 is 1.96 bits per heavy atom. The third kappa shape index (κ3) is 5.47. The van der Waals surface area contributed by atoms with Crippen LogP contribution in [-0.4, -0.2) is 24.8 Å². The van der Waals surface area contributed by atoms with Crippen molar-refractivity contribution in [2.75, 3.05) is 13.2 Å². The third-order valence-corrected chi connectivity index (χ3v) is 4.38. The number of rotatable bonds is 6. The molecule has 6 heteroatoms. The third-order valence-electron chi connectivity index (χ3n) is 3.71. The van der Waals surface area contributed by atoms with Gasteiger partial charge in [-0.2, -0.15) is 0 Å². The van der Waals surface area contributed by atoms with Crippen LogP contribution in [-0.2, 0) is 6.42 Å². The van der Waals surface area contributed by atoms with Crippen LogP contribution in [0.1, 0.15) is 5.56 Å². The van der Waals surface area contributed by atoms with Crippen molar-refractivity contribution in [2.45, 2.75) is 12.1 Å². The number of hydrogen-bond donors (Lipinski definition) is 3. The van der Waals surface area contributed by atoms with Gasteiger partial charge >= 0.3 is 0 Å². The predicted molar refractivity (Wildman–Crippen MR) is 109 cm³/mol. The second kappa shape index (κ2) is 8.35. The molecule has 0 aliphatic carbocycles. The van der Waals surface area contributed by atoms with E-state index in [1.165, 1.54) is 9.13 Å². The van der Waals surface area contributed by atoms with Crippen LogP contribution in [0.4, 0.5) is 0 Å². The molecule has 1 heterocycles. The van der Waals surface area contributed by atoms with Crippen molar-refractivity contribution in [3.05, 3.63) is 76.0 Å². The van der Waals surface area contributed by atoms with Gasteiger partial charge in [0.15, 0.2) is 5.96 Å². The number of para-hydroxylation sites is 1. The fourth-order valence-corrected chi connectivity index (χ4v) is 3.19. The summed E-state index contributed by atoms with van der Waals surface area (Å²) in [6.07, 6.45) is 4.44. The molecule has 1 aliphatic heterocycles. The lowest BCUT2D eigenvalue weighted by atomic mass is 9.99. The first kappa shape index (κ1) is 17.8. The minimum Gasteiger partial charge on any atom is -0.492 e. The average molecular weight is 448 g/mol. The molecule has 0 aromatic heterocycles. The Kier molecular flexibility index (Phi) is 5.93. The van der Waals surface area contributed by atoms with E-state index in [0.717, 1.165) is 5.75 Å². The van der Waals surface area contributed by atoms with E-state index in [2.05, 4.69) is 56.4 Å². The first-order valence-corrected chi connectivity index (χ1v) is 9.19. The largest absolute Gasteiger partial charge is 0.492 e. The molecule has 0 fully saturated rings. The highest BCUT2D eigenvalue weighted by Gasteiger charge is 2.26. The van der Waals surface area contributed by atoms with Gasteiger partial charge < -0.3 is 21.1 Å². The van der Waals surface area contributed by atoms with Crippen LogP contribution >= 0.6 is 22.6 Å². The molecule has 0 saturated heterocycles. The summed E-state index contributed by atoms with van der Waals surface area (Å²) in [5.74, 6) is 1.51. The van der Waals surface area contributed by atoms with E-state index in [0.29, 0.717) is 25.5 Å². The van der Waals surface area contributed by atoms with Crippen molar-refractivity contribution in [1.29, 1.82) is 0 Å². The molecule has 2 aromatic rings. The van der Waals surface area contributed by atoms with Crippen molar-refractivity contribution < 1.29 is 4.74 Å². The van der Waals surface area contributed by atoms with E-state index in [1.807, 2.05) is 48.7 Å². The highest BCUT2D eigenvalue weighted by molar-refractivity contribution is 14.1. The zero-order chi connectivity index (χ0) is 17.5. The number of ether oxygens (including phenoxy) is 1. The number of nitrogens with two attached hydrogens (primary N) is 1. The fourth-order valence-electron chi connectivity index (χ4n) is 2.58. The second-order valence-corrected chi connectivity index (χ2v) is 7.09. The standard InChI is InChI=1S/C19H21IN4O/c20-16-6-4-5-15(13-16)14-19(21)9-10-22-18(24-19)23-11-12-25-17-7-2-1-3-8-17/h1-10,13H,11-12,14,21H2,(H2,22,23,24). The summed E-state index contributed by atoms with van der Waals surface area (Å²) in [6, 6.07) is 18.0. The maximum atomic E-state index is 6.47. The molecule has 0 saturated carbocycles. The minimum absolute atomic E-state index is 0.509. The van der Waals surface area contributed by atoms with Crippen LogP contribution in [0.5, 0.6) is 5.75 Å². The molecular weight excluding hydrogens is 427 g/mol. The lowest BCUT2D eigenvalue weighted by molar-refractivity contribution is 0.328. The molecule has 130 valence electrons. The van der Waals surface area contributed by atoms with Crippen LogP contribution in [0.2, 0.25) is 0 Å². The second-order valence-electron chi connectivity index (χ2n) is 5.84. The number of hydrogen-bond acceptors (Lipinski definition) is 3. The normalized spacial score (nSPS) is 20.8. The SMILES string of the molecule is NC1(Cc2cccc(I)c2)C=CNC(=NCCOc2ccccc2)N1. The van der Waals surface area contributed by atoms with Crippen LogP contribution < -0.4 is 21.1 Å². The van der Waals surface area contributed by atoms with E-state index in [4.69, 9.17) is 10.5 Å². The van der Waals surface area contributed by atoms with Crippen molar-refractivity contribution in [3.8, 4) is 5.75 Å². The first-order chi connectivity index (χ1) is 12.1.